The lowest BCUT2D eigenvalue weighted by molar-refractivity contribution is 0.0288. The maximum absolute atomic E-state index is 16.1. The molecule has 0 aliphatic carbocycles. The van der Waals surface area contributed by atoms with Gasteiger partial charge in [0.25, 0.3) is 0 Å². The van der Waals surface area contributed by atoms with Gasteiger partial charge in [-0.2, -0.15) is 4.39 Å². The first-order valence-corrected chi connectivity index (χ1v) is 11.9. The molecule has 37 heavy (non-hydrogen) atoms. The Hall–Kier alpha value is -4.21. The number of halogens is 2. The normalized spacial score (nSPS) is 15.8. The highest BCUT2D eigenvalue weighted by atomic mass is 19.1. The number of aromatic nitrogens is 3. The predicted octanol–water partition coefficient (Wildman–Crippen LogP) is 5.93. The van der Waals surface area contributed by atoms with Gasteiger partial charge >= 0.3 is 6.09 Å². The molecule has 4 aromatic rings. The van der Waals surface area contributed by atoms with Crippen molar-refractivity contribution in [3.63, 3.8) is 0 Å². The standard InChI is InChI=1S/C27H27F2N5O3/c1-27(2,3)37-26(35)33-12-11-18(14-33)34-23(29)21(22-24(30)31-15-32-25(22)34)16-7-9-19(10-8-16)36-20-6-4-5-17(28)13-20/h4-10,13,15,18H,11-12,14H2,1-3H3,(H2,30,31,32)/t18-/m1/s1. The van der Waals surface area contributed by atoms with Crippen LogP contribution in [0.3, 0.4) is 0 Å². The van der Waals surface area contributed by atoms with Gasteiger partial charge < -0.3 is 20.1 Å². The third kappa shape index (κ3) is 4.91. The lowest BCUT2D eigenvalue weighted by Crippen LogP contribution is -2.35. The van der Waals surface area contributed by atoms with Crippen LogP contribution in [0.15, 0.2) is 54.9 Å². The highest BCUT2D eigenvalue weighted by Crippen LogP contribution is 2.40. The molecule has 10 heteroatoms. The molecule has 0 spiro atoms. The number of anilines is 1. The zero-order valence-electron chi connectivity index (χ0n) is 20.7. The van der Waals surface area contributed by atoms with Gasteiger partial charge in [-0.25, -0.2) is 19.2 Å². The van der Waals surface area contributed by atoms with Crippen LogP contribution in [0.5, 0.6) is 11.5 Å². The summed E-state index contributed by atoms with van der Waals surface area (Å²) in [5.41, 5.74) is 6.74. The summed E-state index contributed by atoms with van der Waals surface area (Å²) in [7, 11) is 0. The number of hydrogen-bond acceptors (Lipinski definition) is 6. The summed E-state index contributed by atoms with van der Waals surface area (Å²) in [6.07, 6.45) is 1.40. The average Bonchev–Trinajstić information content (AvgIpc) is 3.42. The molecule has 3 heterocycles. The van der Waals surface area contributed by atoms with Crippen LogP contribution >= 0.6 is 0 Å². The van der Waals surface area contributed by atoms with Gasteiger partial charge in [0.1, 0.15) is 40.7 Å². The Kier molecular flexibility index (Phi) is 6.18. The first kappa shape index (κ1) is 24.5. The van der Waals surface area contributed by atoms with E-state index in [2.05, 4.69) is 9.97 Å². The van der Waals surface area contributed by atoms with Gasteiger partial charge in [0.2, 0.25) is 5.95 Å². The van der Waals surface area contributed by atoms with Crippen LogP contribution in [0, 0.1) is 11.8 Å². The molecule has 2 N–H and O–H groups in total. The molecule has 0 saturated carbocycles. The van der Waals surface area contributed by atoms with E-state index >= 15 is 4.39 Å². The molecule has 1 amide bonds. The van der Waals surface area contributed by atoms with Gasteiger partial charge in [-0.05, 0) is 57.0 Å². The van der Waals surface area contributed by atoms with Crippen molar-refractivity contribution in [3.05, 3.63) is 66.6 Å². The second-order valence-corrected chi connectivity index (χ2v) is 9.95. The van der Waals surface area contributed by atoms with E-state index < -0.39 is 23.5 Å². The number of likely N-dealkylation sites (tertiary alicyclic amines) is 1. The van der Waals surface area contributed by atoms with Crippen LogP contribution in [-0.2, 0) is 4.74 Å². The van der Waals surface area contributed by atoms with Crippen LogP contribution in [-0.4, -0.2) is 44.2 Å². The SMILES string of the molecule is CC(C)(C)OC(=O)N1CC[C@@H](n2c(F)c(-c3ccc(Oc4cccc(F)c4)cc3)c3c(N)ncnc32)C1. The Bertz CT molecular complexity index is 1460. The number of nitrogen functional groups attached to an aromatic ring is 1. The molecule has 1 aliphatic rings. The first-order chi connectivity index (χ1) is 17.6. The fraction of sp³-hybridized carbons (Fsp3) is 0.296. The third-order valence-corrected chi connectivity index (χ3v) is 6.11. The molecule has 1 saturated heterocycles. The van der Waals surface area contributed by atoms with E-state index in [1.165, 1.54) is 23.0 Å². The maximum atomic E-state index is 16.1. The number of ether oxygens (including phenoxy) is 2. The molecule has 1 fully saturated rings. The highest BCUT2D eigenvalue weighted by molar-refractivity contribution is 6.01. The summed E-state index contributed by atoms with van der Waals surface area (Å²) >= 11 is 0. The number of nitrogens with two attached hydrogens (primary N) is 1. The van der Waals surface area contributed by atoms with Crippen molar-refractivity contribution in [3.8, 4) is 22.6 Å². The van der Waals surface area contributed by atoms with Gasteiger partial charge in [0.05, 0.1) is 11.4 Å². The maximum Gasteiger partial charge on any atom is 0.410 e. The first-order valence-electron chi connectivity index (χ1n) is 11.9. The largest absolute Gasteiger partial charge is 0.457 e. The quantitative estimate of drug-likeness (QED) is 0.368. The van der Waals surface area contributed by atoms with E-state index in [1.807, 2.05) is 0 Å². The van der Waals surface area contributed by atoms with Crippen molar-refractivity contribution in [2.75, 3.05) is 18.8 Å². The summed E-state index contributed by atoms with van der Waals surface area (Å²) in [6.45, 7) is 6.12. The van der Waals surface area contributed by atoms with Crippen molar-refractivity contribution in [2.45, 2.75) is 38.8 Å². The summed E-state index contributed by atoms with van der Waals surface area (Å²) in [5.74, 6) is 0.0452. The van der Waals surface area contributed by atoms with Crippen molar-refractivity contribution in [2.24, 2.45) is 0 Å². The number of hydrogen-bond donors (Lipinski definition) is 1. The average molecular weight is 508 g/mol. The summed E-state index contributed by atoms with van der Waals surface area (Å²) in [4.78, 5) is 22.6. The van der Waals surface area contributed by atoms with E-state index in [-0.39, 0.29) is 24.0 Å². The number of rotatable bonds is 4. The predicted molar refractivity (Wildman–Crippen MR) is 135 cm³/mol. The number of carbonyl (C=O) groups is 1. The molecule has 192 valence electrons. The van der Waals surface area contributed by atoms with Crippen LogP contribution < -0.4 is 10.5 Å². The lowest BCUT2D eigenvalue weighted by Gasteiger charge is -2.24. The van der Waals surface area contributed by atoms with E-state index in [4.69, 9.17) is 15.2 Å². The second kappa shape index (κ2) is 9.34. The van der Waals surface area contributed by atoms with Gasteiger partial charge in [-0.1, -0.05) is 18.2 Å². The Morgan fingerprint density at radius 1 is 1.08 bits per heavy atom. The fourth-order valence-corrected chi connectivity index (χ4v) is 4.53. The minimum absolute atomic E-state index is 0.153. The van der Waals surface area contributed by atoms with Gasteiger partial charge in [0, 0.05) is 24.7 Å². The fourth-order valence-electron chi connectivity index (χ4n) is 4.53. The van der Waals surface area contributed by atoms with Gasteiger partial charge in [-0.15, -0.1) is 0 Å². The minimum Gasteiger partial charge on any atom is -0.457 e. The summed E-state index contributed by atoms with van der Waals surface area (Å²) in [6, 6.07) is 12.2. The smallest absolute Gasteiger partial charge is 0.410 e. The Labute approximate surface area is 212 Å². The monoisotopic (exact) mass is 507 g/mol. The number of fused-ring (bicyclic) bond motifs is 1. The minimum atomic E-state index is -0.625. The van der Waals surface area contributed by atoms with Crippen LogP contribution in [0.1, 0.15) is 33.2 Å². The van der Waals surface area contributed by atoms with Crippen molar-refractivity contribution < 1.29 is 23.0 Å². The highest BCUT2D eigenvalue weighted by Gasteiger charge is 2.34. The van der Waals surface area contributed by atoms with E-state index in [0.29, 0.717) is 41.1 Å². The van der Waals surface area contributed by atoms with Crippen molar-refractivity contribution in [1.29, 1.82) is 0 Å². The molecule has 5 rings (SSSR count). The summed E-state index contributed by atoms with van der Waals surface area (Å²) in [5, 5.41) is 0.398. The van der Waals surface area contributed by atoms with E-state index in [1.54, 1.807) is 62.1 Å². The van der Waals surface area contributed by atoms with E-state index in [9.17, 15) is 9.18 Å². The summed E-state index contributed by atoms with van der Waals surface area (Å²) < 4.78 is 42.3. The molecule has 0 bridgehead atoms. The molecule has 2 aromatic carbocycles. The number of carbonyl (C=O) groups excluding carboxylic acids is 1. The van der Waals surface area contributed by atoms with Gasteiger partial charge in [-0.3, -0.25) is 4.57 Å². The zero-order valence-corrected chi connectivity index (χ0v) is 20.7. The van der Waals surface area contributed by atoms with Gasteiger partial charge in [0.15, 0.2) is 0 Å². The lowest BCUT2D eigenvalue weighted by atomic mass is 10.1. The Morgan fingerprint density at radius 2 is 1.84 bits per heavy atom. The topological polar surface area (TPSA) is 95.5 Å². The third-order valence-electron chi connectivity index (χ3n) is 6.11. The number of nitrogens with zero attached hydrogens (tertiary/aromatic N) is 4. The molecule has 0 unspecified atom stereocenters. The molecular formula is C27H27F2N5O3. The second-order valence-electron chi connectivity index (χ2n) is 9.95. The zero-order chi connectivity index (χ0) is 26.3. The molecule has 2 aromatic heterocycles. The number of benzene rings is 2. The molecule has 1 atom stereocenters. The van der Waals surface area contributed by atoms with Crippen LogP contribution in [0.25, 0.3) is 22.2 Å². The Morgan fingerprint density at radius 3 is 2.54 bits per heavy atom. The Balaban J connectivity index is 1.48. The van der Waals surface area contributed by atoms with Crippen molar-refractivity contribution >= 4 is 22.9 Å². The van der Waals surface area contributed by atoms with Crippen LogP contribution in [0.2, 0.25) is 0 Å². The van der Waals surface area contributed by atoms with Crippen molar-refractivity contribution in [1.82, 2.24) is 19.4 Å². The van der Waals surface area contributed by atoms with E-state index in [0.717, 1.165) is 0 Å². The molecule has 8 nitrogen and oxygen atoms in total. The molecule has 0 radical (unpaired) electrons. The number of amides is 1. The molecular weight excluding hydrogens is 480 g/mol. The van der Waals surface area contributed by atoms with Crippen LogP contribution in [0.4, 0.5) is 19.4 Å². The molecule has 1 aliphatic heterocycles.